The van der Waals surface area contributed by atoms with Crippen molar-refractivity contribution >= 4 is 12.0 Å². The number of likely N-dealkylation sites (tertiary alicyclic amines) is 1. The van der Waals surface area contributed by atoms with Gasteiger partial charge in [0, 0.05) is 18.0 Å². The molecule has 2 aliphatic rings. The molecule has 0 radical (unpaired) electrons. The van der Waals surface area contributed by atoms with Crippen LogP contribution in [-0.2, 0) is 4.74 Å². The van der Waals surface area contributed by atoms with Gasteiger partial charge in [0.05, 0.1) is 0 Å². The lowest BCUT2D eigenvalue weighted by Crippen LogP contribution is -2.52. The lowest BCUT2D eigenvalue weighted by molar-refractivity contribution is 0.0189. The molecule has 1 aromatic carbocycles. The summed E-state index contributed by atoms with van der Waals surface area (Å²) in [5.74, 6) is 0.0220. The summed E-state index contributed by atoms with van der Waals surface area (Å²) in [6.45, 7) is 6.12. The third-order valence-electron chi connectivity index (χ3n) is 3.91. The highest BCUT2D eigenvalue weighted by Gasteiger charge is 2.44. The van der Waals surface area contributed by atoms with Crippen molar-refractivity contribution in [2.45, 2.75) is 44.9 Å². The Labute approximate surface area is 124 Å². The van der Waals surface area contributed by atoms with Gasteiger partial charge in [-0.3, -0.25) is 9.69 Å². The molecular weight excluding hydrogens is 268 g/mol. The van der Waals surface area contributed by atoms with Gasteiger partial charge in [-0.15, -0.1) is 0 Å². The monoisotopic (exact) mass is 288 g/mol. The van der Waals surface area contributed by atoms with Crippen LogP contribution in [0.1, 0.15) is 49.0 Å². The molecule has 0 unspecified atom stereocenters. The number of nitrogens with one attached hydrogen (secondary N) is 1. The molecule has 2 aliphatic heterocycles. The second-order valence-electron chi connectivity index (χ2n) is 6.57. The molecule has 1 saturated heterocycles. The van der Waals surface area contributed by atoms with E-state index < -0.39 is 5.60 Å². The van der Waals surface area contributed by atoms with Gasteiger partial charge in [-0.25, -0.2) is 4.79 Å². The second-order valence-corrected chi connectivity index (χ2v) is 6.57. The molecule has 1 fully saturated rings. The highest BCUT2D eigenvalue weighted by atomic mass is 16.6. The first-order chi connectivity index (χ1) is 9.87. The van der Waals surface area contributed by atoms with Gasteiger partial charge in [0.2, 0.25) is 0 Å². The zero-order valence-electron chi connectivity index (χ0n) is 12.6. The van der Waals surface area contributed by atoms with Gasteiger partial charge in [0.1, 0.15) is 11.8 Å². The van der Waals surface area contributed by atoms with Crippen LogP contribution in [0.4, 0.5) is 4.79 Å². The predicted molar refractivity (Wildman–Crippen MR) is 78.0 cm³/mol. The SMILES string of the molecule is CC(C)(C)OC(=O)N1CC[C@H]2c3ccccc3C(=O)N[C@H]21. The molecule has 0 aromatic heterocycles. The van der Waals surface area contributed by atoms with Crippen molar-refractivity contribution in [1.82, 2.24) is 10.2 Å². The smallest absolute Gasteiger partial charge is 0.411 e. The van der Waals surface area contributed by atoms with Crippen LogP contribution in [0, 0.1) is 0 Å². The minimum atomic E-state index is -0.536. The molecule has 2 atom stereocenters. The van der Waals surface area contributed by atoms with Crippen LogP contribution in [-0.4, -0.2) is 35.2 Å². The Hall–Kier alpha value is -2.04. The largest absolute Gasteiger partial charge is 0.444 e. The lowest BCUT2D eigenvalue weighted by Gasteiger charge is -2.34. The van der Waals surface area contributed by atoms with Gasteiger partial charge in [0.15, 0.2) is 0 Å². The number of carbonyl (C=O) groups excluding carboxylic acids is 2. The van der Waals surface area contributed by atoms with Crippen molar-refractivity contribution in [3.8, 4) is 0 Å². The van der Waals surface area contributed by atoms with E-state index in [4.69, 9.17) is 4.74 Å². The average molecular weight is 288 g/mol. The Morgan fingerprint density at radius 1 is 1.33 bits per heavy atom. The summed E-state index contributed by atoms with van der Waals surface area (Å²) < 4.78 is 5.43. The molecule has 5 nitrogen and oxygen atoms in total. The summed E-state index contributed by atoms with van der Waals surface area (Å²) in [5.41, 5.74) is 1.20. The standard InChI is InChI=1S/C16H20N2O3/c1-16(2,3)21-15(20)18-9-8-11-10-6-4-5-7-12(10)14(19)17-13(11)18/h4-7,11,13H,8-9H2,1-3H3,(H,17,19)/t11-,13-/m0/s1. The van der Waals surface area contributed by atoms with Crippen LogP contribution in [0.15, 0.2) is 24.3 Å². The molecule has 0 aliphatic carbocycles. The highest BCUT2D eigenvalue weighted by molar-refractivity contribution is 5.97. The number of nitrogens with zero attached hydrogens (tertiary/aromatic N) is 1. The van der Waals surface area contributed by atoms with E-state index in [1.807, 2.05) is 45.0 Å². The summed E-state index contributed by atoms with van der Waals surface area (Å²) in [6, 6.07) is 7.60. The van der Waals surface area contributed by atoms with E-state index >= 15 is 0 Å². The topological polar surface area (TPSA) is 58.6 Å². The number of amides is 2. The van der Waals surface area contributed by atoms with E-state index in [1.165, 1.54) is 0 Å². The maximum absolute atomic E-state index is 12.3. The van der Waals surface area contributed by atoms with Crippen LogP contribution in [0.25, 0.3) is 0 Å². The number of hydrogen-bond acceptors (Lipinski definition) is 3. The average Bonchev–Trinajstić information content (AvgIpc) is 2.81. The molecule has 0 bridgehead atoms. The molecule has 3 rings (SSSR count). The normalized spacial score (nSPS) is 24.1. The zero-order valence-corrected chi connectivity index (χ0v) is 12.6. The lowest BCUT2D eigenvalue weighted by atomic mass is 9.88. The van der Waals surface area contributed by atoms with Crippen molar-refractivity contribution in [3.05, 3.63) is 35.4 Å². The number of rotatable bonds is 0. The third kappa shape index (κ3) is 2.48. The first-order valence-corrected chi connectivity index (χ1v) is 7.26. The van der Waals surface area contributed by atoms with E-state index in [9.17, 15) is 9.59 Å². The Morgan fingerprint density at radius 2 is 2.05 bits per heavy atom. The molecule has 2 heterocycles. The van der Waals surface area contributed by atoms with Gasteiger partial charge in [-0.1, -0.05) is 18.2 Å². The van der Waals surface area contributed by atoms with E-state index in [1.54, 1.807) is 4.90 Å². The summed E-state index contributed by atoms with van der Waals surface area (Å²) in [7, 11) is 0. The van der Waals surface area contributed by atoms with Crippen LogP contribution < -0.4 is 5.32 Å². The first kappa shape index (κ1) is 13.9. The minimum absolute atomic E-state index is 0.123. The van der Waals surface area contributed by atoms with E-state index in [0.29, 0.717) is 12.1 Å². The molecule has 0 spiro atoms. The third-order valence-corrected chi connectivity index (χ3v) is 3.91. The van der Waals surface area contributed by atoms with Crippen LogP contribution in [0.5, 0.6) is 0 Å². The highest BCUT2D eigenvalue weighted by Crippen LogP contribution is 2.37. The second kappa shape index (κ2) is 4.76. The number of hydrogen-bond donors (Lipinski definition) is 1. The molecule has 1 aromatic rings. The molecule has 2 amide bonds. The molecule has 5 heteroatoms. The van der Waals surface area contributed by atoms with E-state index in [0.717, 1.165) is 12.0 Å². The van der Waals surface area contributed by atoms with Gasteiger partial charge in [-0.05, 0) is 38.8 Å². The van der Waals surface area contributed by atoms with Gasteiger partial charge < -0.3 is 10.1 Å². The Bertz CT molecular complexity index is 591. The fourth-order valence-corrected chi connectivity index (χ4v) is 3.06. The zero-order chi connectivity index (χ0) is 15.2. The molecule has 0 saturated carbocycles. The molecular formula is C16H20N2O3. The number of benzene rings is 1. The van der Waals surface area contributed by atoms with Crippen molar-refractivity contribution in [2.75, 3.05) is 6.54 Å². The maximum Gasteiger partial charge on any atom is 0.411 e. The summed E-state index contributed by atoms with van der Waals surface area (Å²) in [5, 5.41) is 2.94. The number of fused-ring (bicyclic) bond motifs is 3. The summed E-state index contributed by atoms with van der Waals surface area (Å²) >= 11 is 0. The quantitative estimate of drug-likeness (QED) is 0.798. The van der Waals surface area contributed by atoms with Crippen molar-refractivity contribution in [2.24, 2.45) is 0 Å². The first-order valence-electron chi connectivity index (χ1n) is 7.26. The van der Waals surface area contributed by atoms with E-state index in [-0.39, 0.29) is 24.1 Å². The van der Waals surface area contributed by atoms with Crippen LogP contribution in [0.2, 0.25) is 0 Å². The molecule has 1 N–H and O–H groups in total. The van der Waals surface area contributed by atoms with E-state index in [2.05, 4.69) is 5.32 Å². The fraction of sp³-hybridized carbons (Fsp3) is 0.500. The predicted octanol–water partition coefficient (Wildman–Crippen LogP) is 2.48. The van der Waals surface area contributed by atoms with Crippen molar-refractivity contribution < 1.29 is 14.3 Å². The minimum Gasteiger partial charge on any atom is -0.444 e. The van der Waals surface area contributed by atoms with Crippen LogP contribution >= 0.6 is 0 Å². The molecule has 21 heavy (non-hydrogen) atoms. The number of ether oxygens (including phenoxy) is 1. The number of carbonyl (C=O) groups is 2. The van der Waals surface area contributed by atoms with Gasteiger partial charge in [0.25, 0.3) is 5.91 Å². The summed E-state index contributed by atoms with van der Waals surface area (Å²) in [4.78, 5) is 26.1. The Morgan fingerprint density at radius 3 is 2.76 bits per heavy atom. The van der Waals surface area contributed by atoms with Gasteiger partial charge >= 0.3 is 6.09 Å². The van der Waals surface area contributed by atoms with Crippen molar-refractivity contribution in [1.29, 1.82) is 0 Å². The summed E-state index contributed by atoms with van der Waals surface area (Å²) in [6.07, 6.45) is 0.165. The van der Waals surface area contributed by atoms with Crippen molar-refractivity contribution in [3.63, 3.8) is 0 Å². The Balaban J connectivity index is 1.86. The fourth-order valence-electron chi connectivity index (χ4n) is 3.06. The molecule has 112 valence electrons. The van der Waals surface area contributed by atoms with Crippen LogP contribution in [0.3, 0.4) is 0 Å². The Kier molecular flexibility index (Phi) is 3.15. The maximum atomic E-state index is 12.3. The van der Waals surface area contributed by atoms with Gasteiger partial charge in [-0.2, -0.15) is 0 Å².